The Morgan fingerprint density at radius 3 is 2.67 bits per heavy atom. The van der Waals surface area contributed by atoms with Crippen LogP contribution in [0.5, 0.6) is 0 Å². The van der Waals surface area contributed by atoms with Crippen molar-refractivity contribution >= 4 is 11.3 Å². The molecule has 0 spiro atoms. The molecule has 0 amide bonds. The average Bonchev–Trinajstić information content (AvgIpc) is 2.79. The number of aromatic nitrogens is 2. The van der Waals surface area contributed by atoms with Crippen molar-refractivity contribution in [3.63, 3.8) is 0 Å². The van der Waals surface area contributed by atoms with Crippen molar-refractivity contribution in [3.8, 4) is 10.6 Å². The van der Waals surface area contributed by atoms with Crippen LogP contribution in [0.3, 0.4) is 0 Å². The fraction of sp³-hybridized carbons (Fsp3) is 0.364. The highest BCUT2D eigenvalue weighted by molar-refractivity contribution is 7.13. The van der Waals surface area contributed by atoms with Gasteiger partial charge in [0.15, 0.2) is 0 Å². The van der Waals surface area contributed by atoms with Gasteiger partial charge in [-0.1, -0.05) is 0 Å². The molecule has 0 aliphatic heterocycles. The lowest BCUT2D eigenvalue weighted by atomic mass is 10.2. The van der Waals surface area contributed by atoms with Crippen molar-refractivity contribution < 1.29 is 0 Å². The van der Waals surface area contributed by atoms with Gasteiger partial charge in [-0.3, -0.25) is 0 Å². The number of rotatable bonds is 2. The first-order valence-electron chi connectivity index (χ1n) is 4.91. The Bertz CT molecular complexity index is 482. The van der Waals surface area contributed by atoms with Gasteiger partial charge in [0.1, 0.15) is 5.01 Å². The molecule has 0 aromatic carbocycles. The lowest BCUT2D eigenvalue weighted by Gasteiger charge is -1.99. The van der Waals surface area contributed by atoms with Crippen LogP contribution in [0.2, 0.25) is 0 Å². The topological polar surface area (TPSA) is 43.8 Å². The van der Waals surface area contributed by atoms with Crippen LogP contribution in [0, 0.1) is 13.8 Å². The Hall–Kier alpha value is -1.13. The minimum absolute atomic E-state index is 0.515. The molecule has 0 saturated heterocycles. The second kappa shape index (κ2) is 3.79. The zero-order chi connectivity index (χ0) is 11.0. The second-order valence-corrected chi connectivity index (χ2v) is 4.55. The maximum atomic E-state index is 5.55. The fourth-order valence-corrected chi connectivity index (χ4v) is 2.50. The summed E-state index contributed by atoms with van der Waals surface area (Å²) in [4.78, 5) is 4.49. The zero-order valence-corrected chi connectivity index (χ0v) is 10.1. The highest BCUT2D eigenvalue weighted by Crippen LogP contribution is 2.28. The predicted molar refractivity (Wildman–Crippen MR) is 63.9 cm³/mol. The molecule has 2 N–H and O–H groups in total. The number of hydrogen-bond donors (Lipinski definition) is 1. The molecule has 0 aliphatic carbocycles. The SMILES string of the molecule is Cc1cc(-c2nc(CN)cs2)c(C)n1C. The molecule has 2 aromatic heterocycles. The van der Waals surface area contributed by atoms with E-state index in [1.165, 1.54) is 17.0 Å². The van der Waals surface area contributed by atoms with Crippen LogP contribution in [0.4, 0.5) is 0 Å². The maximum absolute atomic E-state index is 5.55. The highest BCUT2D eigenvalue weighted by Gasteiger charge is 2.11. The molecule has 0 unspecified atom stereocenters. The van der Waals surface area contributed by atoms with E-state index in [0.29, 0.717) is 6.54 Å². The molecule has 0 radical (unpaired) electrons. The van der Waals surface area contributed by atoms with E-state index in [9.17, 15) is 0 Å². The Kier molecular flexibility index (Phi) is 2.63. The lowest BCUT2D eigenvalue weighted by molar-refractivity contribution is 0.845. The third-order valence-corrected chi connectivity index (χ3v) is 3.69. The Morgan fingerprint density at radius 2 is 2.20 bits per heavy atom. The molecule has 80 valence electrons. The molecule has 0 saturated carbocycles. The normalized spacial score (nSPS) is 10.9. The van der Waals surface area contributed by atoms with Gasteiger partial charge in [0.2, 0.25) is 0 Å². The van der Waals surface area contributed by atoms with E-state index in [4.69, 9.17) is 5.73 Å². The summed E-state index contributed by atoms with van der Waals surface area (Å²) >= 11 is 1.66. The zero-order valence-electron chi connectivity index (χ0n) is 9.24. The molecule has 15 heavy (non-hydrogen) atoms. The number of hydrogen-bond acceptors (Lipinski definition) is 3. The van der Waals surface area contributed by atoms with Crippen molar-refractivity contribution in [1.82, 2.24) is 9.55 Å². The van der Waals surface area contributed by atoms with E-state index in [2.05, 4.69) is 36.5 Å². The Labute approximate surface area is 93.6 Å². The Morgan fingerprint density at radius 1 is 1.47 bits per heavy atom. The minimum atomic E-state index is 0.515. The third-order valence-electron chi connectivity index (χ3n) is 2.77. The van der Waals surface area contributed by atoms with Crippen molar-refractivity contribution in [2.75, 3.05) is 0 Å². The molecule has 2 heterocycles. The smallest absolute Gasteiger partial charge is 0.125 e. The summed E-state index contributed by atoms with van der Waals surface area (Å²) in [6, 6.07) is 2.18. The van der Waals surface area contributed by atoms with E-state index in [1.807, 2.05) is 5.38 Å². The summed E-state index contributed by atoms with van der Waals surface area (Å²) < 4.78 is 2.18. The van der Waals surface area contributed by atoms with Gasteiger partial charge in [0, 0.05) is 35.9 Å². The molecule has 0 fully saturated rings. The van der Waals surface area contributed by atoms with E-state index in [-0.39, 0.29) is 0 Å². The molecule has 4 heteroatoms. The quantitative estimate of drug-likeness (QED) is 0.845. The monoisotopic (exact) mass is 221 g/mol. The molecule has 0 bridgehead atoms. The lowest BCUT2D eigenvalue weighted by Crippen LogP contribution is -1.96. The highest BCUT2D eigenvalue weighted by atomic mass is 32.1. The van der Waals surface area contributed by atoms with E-state index < -0.39 is 0 Å². The molecule has 0 aliphatic rings. The summed E-state index contributed by atoms with van der Waals surface area (Å²) in [6.45, 7) is 4.74. The number of aryl methyl sites for hydroxylation is 1. The summed E-state index contributed by atoms with van der Waals surface area (Å²) in [5.74, 6) is 0. The first-order valence-corrected chi connectivity index (χ1v) is 5.79. The van der Waals surface area contributed by atoms with Crippen LogP contribution in [-0.2, 0) is 13.6 Å². The van der Waals surface area contributed by atoms with Crippen molar-refractivity contribution in [3.05, 3.63) is 28.5 Å². The van der Waals surface area contributed by atoms with Gasteiger partial charge in [-0.2, -0.15) is 0 Å². The first kappa shape index (κ1) is 10.4. The molecule has 2 rings (SSSR count). The van der Waals surface area contributed by atoms with Crippen LogP contribution in [0.25, 0.3) is 10.6 Å². The summed E-state index contributed by atoms with van der Waals surface area (Å²) in [7, 11) is 2.08. The molecular weight excluding hydrogens is 206 g/mol. The van der Waals surface area contributed by atoms with E-state index in [0.717, 1.165) is 10.7 Å². The molecule has 3 nitrogen and oxygen atoms in total. The van der Waals surface area contributed by atoms with Crippen LogP contribution in [0.1, 0.15) is 17.1 Å². The Balaban J connectivity index is 2.49. The van der Waals surface area contributed by atoms with Gasteiger partial charge >= 0.3 is 0 Å². The number of thiazole rings is 1. The summed E-state index contributed by atoms with van der Waals surface area (Å²) in [5, 5.41) is 3.09. The third kappa shape index (κ3) is 1.70. The van der Waals surface area contributed by atoms with Crippen LogP contribution >= 0.6 is 11.3 Å². The minimum Gasteiger partial charge on any atom is -0.351 e. The van der Waals surface area contributed by atoms with E-state index >= 15 is 0 Å². The predicted octanol–water partition coefficient (Wildman–Crippen LogP) is 2.22. The van der Waals surface area contributed by atoms with E-state index in [1.54, 1.807) is 11.3 Å². The van der Waals surface area contributed by atoms with Crippen LogP contribution in [0.15, 0.2) is 11.4 Å². The van der Waals surface area contributed by atoms with Gasteiger partial charge in [0.25, 0.3) is 0 Å². The summed E-state index contributed by atoms with van der Waals surface area (Å²) in [6.07, 6.45) is 0. The van der Waals surface area contributed by atoms with Crippen LogP contribution < -0.4 is 5.73 Å². The van der Waals surface area contributed by atoms with Crippen molar-refractivity contribution in [1.29, 1.82) is 0 Å². The molecule has 2 aromatic rings. The van der Waals surface area contributed by atoms with Crippen molar-refractivity contribution in [2.45, 2.75) is 20.4 Å². The van der Waals surface area contributed by atoms with Gasteiger partial charge in [-0.25, -0.2) is 4.98 Å². The number of nitrogens with two attached hydrogens (primary N) is 1. The van der Waals surface area contributed by atoms with Gasteiger partial charge in [-0.15, -0.1) is 11.3 Å². The fourth-order valence-electron chi connectivity index (χ4n) is 1.60. The van der Waals surface area contributed by atoms with Crippen molar-refractivity contribution in [2.24, 2.45) is 12.8 Å². The van der Waals surface area contributed by atoms with Gasteiger partial charge in [-0.05, 0) is 19.9 Å². The van der Waals surface area contributed by atoms with Gasteiger partial charge in [0.05, 0.1) is 5.69 Å². The largest absolute Gasteiger partial charge is 0.351 e. The maximum Gasteiger partial charge on any atom is 0.125 e. The number of nitrogens with zero attached hydrogens (tertiary/aromatic N) is 2. The standard InChI is InChI=1S/C11H15N3S/c1-7-4-10(8(2)14(7)3)11-13-9(5-12)6-15-11/h4,6H,5,12H2,1-3H3. The first-order chi connectivity index (χ1) is 7.13. The molecular formula is C11H15N3S. The van der Waals surface area contributed by atoms with Crippen LogP contribution in [-0.4, -0.2) is 9.55 Å². The summed E-state index contributed by atoms with van der Waals surface area (Å²) in [5.41, 5.74) is 10.3. The molecule has 0 atom stereocenters. The average molecular weight is 221 g/mol. The second-order valence-electron chi connectivity index (χ2n) is 3.69. The van der Waals surface area contributed by atoms with Gasteiger partial charge < -0.3 is 10.3 Å².